The van der Waals surface area contributed by atoms with Crippen LogP contribution in [0, 0.1) is 5.92 Å². The molecule has 5 heteroatoms. The molecule has 1 saturated carbocycles. The summed E-state index contributed by atoms with van der Waals surface area (Å²) in [5, 5.41) is 5.76. The molecule has 2 aromatic rings. The van der Waals surface area contributed by atoms with Crippen molar-refractivity contribution in [2.45, 2.75) is 38.1 Å². The summed E-state index contributed by atoms with van der Waals surface area (Å²) in [4.78, 5) is 26.2. The van der Waals surface area contributed by atoms with Crippen LogP contribution in [0.15, 0.2) is 54.6 Å². The van der Waals surface area contributed by atoms with E-state index in [0.717, 1.165) is 30.8 Å². The van der Waals surface area contributed by atoms with E-state index in [4.69, 9.17) is 0 Å². The number of benzene rings is 2. The van der Waals surface area contributed by atoms with Crippen LogP contribution in [0.4, 0.5) is 16.2 Å². The Balaban J connectivity index is 1.52. The van der Waals surface area contributed by atoms with Gasteiger partial charge in [0.05, 0.1) is 5.54 Å². The van der Waals surface area contributed by atoms with Gasteiger partial charge in [-0.2, -0.15) is 0 Å². The highest BCUT2D eigenvalue weighted by Gasteiger charge is 2.57. The second-order valence-corrected chi connectivity index (χ2v) is 7.53. The zero-order chi connectivity index (χ0) is 18.9. The van der Waals surface area contributed by atoms with E-state index in [1.54, 1.807) is 12.1 Å². The first-order valence-corrected chi connectivity index (χ1v) is 9.61. The fourth-order valence-corrected chi connectivity index (χ4v) is 4.65. The van der Waals surface area contributed by atoms with E-state index in [0.29, 0.717) is 5.92 Å². The minimum atomic E-state index is -0.167. The second-order valence-electron chi connectivity index (χ2n) is 7.53. The van der Waals surface area contributed by atoms with Crippen molar-refractivity contribution in [1.29, 1.82) is 0 Å². The molecule has 2 N–H and O–H groups in total. The van der Waals surface area contributed by atoms with E-state index in [9.17, 15) is 9.59 Å². The third-order valence-electron chi connectivity index (χ3n) is 5.90. The predicted molar refractivity (Wildman–Crippen MR) is 107 cm³/mol. The van der Waals surface area contributed by atoms with E-state index in [1.165, 1.54) is 25.3 Å². The van der Waals surface area contributed by atoms with Crippen molar-refractivity contribution in [3.8, 4) is 0 Å². The highest BCUT2D eigenvalue weighted by atomic mass is 16.2. The fraction of sp³-hybridized carbons (Fsp3) is 0.364. The number of nitrogens with one attached hydrogen (secondary N) is 2. The summed E-state index contributed by atoms with van der Waals surface area (Å²) in [6.45, 7) is 2.29. The highest BCUT2D eigenvalue weighted by molar-refractivity contribution is 5.92. The number of urea groups is 1. The van der Waals surface area contributed by atoms with Crippen molar-refractivity contribution >= 4 is 23.3 Å². The SMILES string of the molecule is CC(=O)Nc1ccc(NC(=O)N2CC3CCCCC32c2ccccc2)cc1. The molecule has 0 spiro atoms. The Morgan fingerprint density at radius 1 is 0.963 bits per heavy atom. The number of hydrogen-bond acceptors (Lipinski definition) is 2. The molecule has 0 radical (unpaired) electrons. The molecule has 1 aliphatic heterocycles. The standard InChI is InChI=1S/C22H25N3O2/c1-16(26)23-19-10-12-20(13-11-19)24-21(27)25-15-18-9-5-6-14-22(18,25)17-7-3-2-4-8-17/h2-4,7-8,10-13,18H,5-6,9,14-15H2,1H3,(H,23,26)(H,24,27). The summed E-state index contributed by atoms with van der Waals surface area (Å²) in [7, 11) is 0. The number of likely N-dealkylation sites (tertiary alicyclic amines) is 1. The Morgan fingerprint density at radius 2 is 1.63 bits per heavy atom. The van der Waals surface area contributed by atoms with Gasteiger partial charge in [0, 0.05) is 30.8 Å². The van der Waals surface area contributed by atoms with Gasteiger partial charge in [0.15, 0.2) is 0 Å². The first-order valence-electron chi connectivity index (χ1n) is 9.61. The Morgan fingerprint density at radius 3 is 2.26 bits per heavy atom. The summed E-state index contributed by atoms with van der Waals surface area (Å²) in [6.07, 6.45) is 4.61. The monoisotopic (exact) mass is 363 g/mol. The molecule has 2 fully saturated rings. The Labute approximate surface area is 159 Å². The van der Waals surface area contributed by atoms with Crippen LogP contribution in [0.5, 0.6) is 0 Å². The average Bonchev–Trinajstić information content (AvgIpc) is 2.65. The fourth-order valence-electron chi connectivity index (χ4n) is 4.65. The summed E-state index contributed by atoms with van der Waals surface area (Å²) in [6, 6.07) is 17.6. The van der Waals surface area contributed by atoms with Crippen molar-refractivity contribution in [3.63, 3.8) is 0 Å². The molecule has 3 amide bonds. The number of carbonyl (C=O) groups excluding carboxylic acids is 2. The molecule has 0 bridgehead atoms. The molecule has 27 heavy (non-hydrogen) atoms. The van der Waals surface area contributed by atoms with Crippen LogP contribution in [0.2, 0.25) is 0 Å². The zero-order valence-electron chi connectivity index (χ0n) is 15.6. The Bertz CT molecular complexity index is 834. The molecule has 1 saturated heterocycles. The summed E-state index contributed by atoms with van der Waals surface area (Å²) < 4.78 is 0. The minimum absolute atomic E-state index is 0.0516. The van der Waals surface area contributed by atoms with Crippen LogP contribution in [-0.4, -0.2) is 23.4 Å². The first-order chi connectivity index (χ1) is 13.1. The van der Waals surface area contributed by atoms with Gasteiger partial charge in [-0.15, -0.1) is 0 Å². The van der Waals surface area contributed by atoms with Crippen molar-refractivity contribution < 1.29 is 9.59 Å². The molecule has 2 aromatic carbocycles. The van der Waals surface area contributed by atoms with Gasteiger partial charge in [-0.25, -0.2) is 4.79 Å². The third-order valence-corrected chi connectivity index (χ3v) is 5.90. The van der Waals surface area contributed by atoms with Gasteiger partial charge in [-0.1, -0.05) is 43.2 Å². The zero-order valence-corrected chi connectivity index (χ0v) is 15.6. The maximum absolute atomic E-state index is 13.0. The van der Waals surface area contributed by atoms with Crippen LogP contribution in [0.3, 0.4) is 0 Å². The van der Waals surface area contributed by atoms with Gasteiger partial charge >= 0.3 is 6.03 Å². The topological polar surface area (TPSA) is 61.4 Å². The number of rotatable bonds is 3. The first kappa shape index (κ1) is 17.6. The Hall–Kier alpha value is -2.82. The number of anilines is 2. The van der Waals surface area contributed by atoms with E-state index in [2.05, 4.69) is 34.9 Å². The van der Waals surface area contributed by atoms with Gasteiger partial charge in [-0.3, -0.25) is 4.79 Å². The third kappa shape index (κ3) is 3.18. The lowest BCUT2D eigenvalue weighted by Crippen LogP contribution is -2.68. The van der Waals surface area contributed by atoms with Crippen LogP contribution in [0.1, 0.15) is 38.2 Å². The number of hydrogen-bond donors (Lipinski definition) is 2. The molecule has 1 aliphatic carbocycles. The van der Waals surface area contributed by atoms with Gasteiger partial charge in [-0.05, 0) is 42.7 Å². The van der Waals surface area contributed by atoms with Crippen LogP contribution in [-0.2, 0) is 10.3 Å². The average molecular weight is 363 g/mol. The number of nitrogens with zero attached hydrogens (tertiary/aromatic N) is 1. The molecular formula is C22H25N3O2. The molecule has 140 valence electrons. The largest absolute Gasteiger partial charge is 0.326 e. The molecule has 5 nitrogen and oxygen atoms in total. The van der Waals surface area contributed by atoms with Crippen molar-refractivity contribution in [3.05, 3.63) is 60.2 Å². The lowest BCUT2D eigenvalue weighted by molar-refractivity contribution is -0.114. The number of carbonyl (C=O) groups is 2. The molecule has 1 heterocycles. The van der Waals surface area contributed by atoms with Crippen molar-refractivity contribution in [1.82, 2.24) is 4.90 Å². The van der Waals surface area contributed by atoms with Crippen molar-refractivity contribution in [2.24, 2.45) is 5.92 Å². The maximum Gasteiger partial charge on any atom is 0.322 e. The molecule has 0 aromatic heterocycles. The Kier molecular flexibility index (Phi) is 4.60. The van der Waals surface area contributed by atoms with Crippen LogP contribution < -0.4 is 10.6 Å². The highest BCUT2D eigenvalue weighted by Crippen LogP contribution is 2.53. The van der Waals surface area contributed by atoms with Gasteiger partial charge in [0.25, 0.3) is 0 Å². The van der Waals surface area contributed by atoms with E-state index < -0.39 is 0 Å². The van der Waals surface area contributed by atoms with Gasteiger partial charge in [0.1, 0.15) is 0 Å². The minimum Gasteiger partial charge on any atom is -0.326 e. The van der Waals surface area contributed by atoms with Crippen LogP contribution in [0.25, 0.3) is 0 Å². The summed E-state index contributed by atoms with van der Waals surface area (Å²) in [5.74, 6) is 0.432. The summed E-state index contributed by atoms with van der Waals surface area (Å²) in [5.41, 5.74) is 2.53. The van der Waals surface area contributed by atoms with E-state index >= 15 is 0 Å². The van der Waals surface area contributed by atoms with Crippen LogP contribution >= 0.6 is 0 Å². The number of amides is 3. The van der Waals surface area contributed by atoms with Gasteiger partial charge in [0.2, 0.25) is 5.91 Å². The molecule has 2 unspecified atom stereocenters. The quantitative estimate of drug-likeness (QED) is 0.838. The molecule has 4 rings (SSSR count). The normalized spacial score (nSPS) is 23.7. The maximum atomic E-state index is 13.0. The molecule has 2 atom stereocenters. The molecule has 2 aliphatic rings. The lowest BCUT2D eigenvalue weighted by Gasteiger charge is -2.61. The lowest BCUT2D eigenvalue weighted by atomic mass is 9.62. The summed E-state index contributed by atoms with van der Waals surface area (Å²) >= 11 is 0. The van der Waals surface area contributed by atoms with E-state index in [-0.39, 0.29) is 17.5 Å². The molecular weight excluding hydrogens is 338 g/mol. The number of fused-ring (bicyclic) bond motifs is 1. The van der Waals surface area contributed by atoms with Gasteiger partial charge < -0.3 is 15.5 Å². The second kappa shape index (κ2) is 7.06. The smallest absolute Gasteiger partial charge is 0.322 e. The van der Waals surface area contributed by atoms with E-state index in [1.807, 2.05) is 23.1 Å². The van der Waals surface area contributed by atoms with Crippen molar-refractivity contribution in [2.75, 3.05) is 17.2 Å². The predicted octanol–water partition coefficient (Wildman–Crippen LogP) is 4.58.